The molecule has 184 valence electrons. The van der Waals surface area contributed by atoms with Gasteiger partial charge in [0.05, 0.1) is 18.2 Å². The third-order valence-corrected chi connectivity index (χ3v) is 5.93. The van der Waals surface area contributed by atoms with Gasteiger partial charge in [0.1, 0.15) is 18.1 Å². The highest BCUT2D eigenvalue weighted by Gasteiger charge is 2.32. The van der Waals surface area contributed by atoms with Gasteiger partial charge in [-0.2, -0.15) is 0 Å². The van der Waals surface area contributed by atoms with Crippen LogP contribution in [0.15, 0.2) is 48.5 Å². The van der Waals surface area contributed by atoms with Gasteiger partial charge in [-0.05, 0) is 69.4 Å². The highest BCUT2D eigenvalue weighted by molar-refractivity contribution is 5.83. The van der Waals surface area contributed by atoms with Gasteiger partial charge in [0, 0.05) is 24.2 Å². The predicted octanol–water partition coefficient (Wildman–Crippen LogP) is 4.06. The minimum absolute atomic E-state index is 0.0501. The van der Waals surface area contributed by atoms with E-state index in [1.165, 1.54) is 17.0 Å². The zero-order valence-corrected chi connectivity index (χ0v) is 19.6. The van der Waals surface area contributed by atoms with Gasteiger partial charge in [-0.15, -0.1) is 0 Å². The van der Waals surface area contributed by atoms with Crippen LogP contribution in [0.5, 0.6) is 5.75 Å². The molecule has 1 aliphatic rings. The van der Waals surface area contributed by atoms with Gasteiger partial charge in [0.15, 0.2) is 0 Å². The van der Waals surface area contributed by atoms with Crippen LogP contribution in [0, 0.1) is 11.7 Å². The monoisotopic (exact) mass is 472 g/mol. The molecule has 34 heavy (non-hydrogen) atoms. The third kappa shape index (κ3) is 7.45. The number of rotatable bonds is 9. The lowest BCUT2D eigenvalue weighted by atomic mass is 9.98. The Labute approximate surface area is 199 Å². The molecule has 0 heterocycles. The van der Waals surface area contributed by atoms with Crippen molar-refractivity contribution < 1.29 is 28.9 Å². The molecule has 1 amide bonds. The van der Waals surface area contributed by atoms with Gasteiger partial charge in [-0.3, -0.25) is 9.59 Å². The zero-order chi connectivity index (χ0) is 24.7. The number of aliphatic hydroxyl groups excluding tert-OH is 1. The van der Waals surface area contributed by atoms with Crippen LogP contribution in [0.4, 0.5) is 10.1 Å². The molecule has 3 rings (SSSR count). The lowest BCUT2D eigenvalue weighted by Gasteiger charge is -2.26. The van der Waals surface area contributed by atoms with E-state index in [0.717, 1.165) is 11.4 Å². The number of amides is 1. The molecule has 7 nitrogen and oxygen atoms in total. The summed E-state index contributed by atoms with van der Waals surface area (Å²) in [6.07, 6.45) is 1.38. The number of anilines is 1. The lowest BCUT2D eigenvalue weighted by molar-refractivity contribution is -0.147. The number of hydrogen-bond donors (Lipinski definition) is 3. The largest absolute Gasteiger partial charge is 0.491 e. The standard InChI is InChI=1S/C26H33FN2O5/c1-17(2)34-22-5-3-4-21(14-22)28-23-12-8-19(9-13-24(23)30)26(33)29(16-25(31)32)15-18-6-10-20(27)11-7-18/h3-7,10-11,14,17,19,23-24,28,30H,8-9,12-13,15-16H2,1-2H3,(H,31,32)/t19-,23+,24+/m1/s1. The molecule has 0 saturated heterocycles. The summed E-state index contributed by atoms with van der Waals surface area (Å²) >= 11 is 0. The first-order valence-corrected chi connectivity index (χ1v) is 11.7. The highest BCUT2D eigenvalue weighted by Crippen LogP contribution is 2.29. The first-order chi connectivity index (χ1) is 16.2. The Bertz CT molecular complexity index is 966. The second-order valence-corrected chi connectivity index (χ2v) is 9.08. The fraction of sp³-hybridized carbons (Fsp3) is 0.462. The first kappa shape index (κ1) is 25.5. The SMILES string of the molecule is CC(C)Oc1cccc(N[C@H]2CC[C@@H](C(=O)N(CC(=O)O)Cc3ccc(F)cc3)CC[C@@H]2O)c1. The Hall–Kier alpha value is -3.13. The number of carbonyl (C=O) groups is 2. The Kier molecular flexibility index (Phi) is 8.87. The first-order valence-electron chi connectivity index (χ1n) is 11.7. The number of nitrogens with zero attached hydrogens (tertiary/aromatic N) is 1. The number of halogens is 1. The summed E-state index contributed by atoms with van der Waals surface area (Å²) in [4.78, 5) is 25.9. The summed E-state index contributed by atoms with van der Waals surface area (Å²) < 4.78 is 19.0. The average Bonchev–Trinajstić information content (AvgIpc) is 2.95. The third-order valence-electron chi connectivity index (χ3n) is 5.93. The van der Waals surface area contributed by atoms with Crippen molar-refractivity contribution in [3.63, 3.8) is 0 Å². The minimum atomic E-state index is -1.10. The van der Waals surface area contributed by atoms with Crippen LogP contribution in [0.3, 0.4) is 0 Å². The van der Waals surface area contributed by atoms with Gasteiger partial charge in [-0.25, -0.2) is 4.39 Å². The molecule has 0 bridgehead atoms. The summed E-state index contributed by atoms with van der Waals surface area (Å²) in [7, 11) is 0. The van der Waals surface area contributed by atoms with Crippen molar-refractivity contribution in [1.82, 2.24) is 4.90 Å². The summed E-state index contributed by atoms with van der Waals surface area (Å²) in [5.74, 6) is -1.41. The second-order valence-electron chi connectivity index (χ2n) is 9.08. The predicted molar refractivity (Wildman–Crippen MR) is 127 cm³/mol. The van der Waals surface area contributed by atoms with Crippen LogP contribution in [0.1, 0.15) is 45.1 Å². The normalized spacial score (nSPS) is 20.4. The van der Waals surface area contributed by atoms with Crippen molar-refractivity contribution in [2.45, 2.75) is 64.3 Å². The fourth-order valence-electron chi connectivity index (χ4n) is 4.29. The number of aliphatic hydroxyl groups is 1. The molecule has 1 fully saturated rings. The maximum absolute atomic E-state index is 13.2. The number of hydrogen-bond acceptors (Lipinski definition) is 5. The Balaban J connectivity index is 1.66. The Morgan fingerprint density at radius 2 is 1.82 bits per heavy atom. The van der Waals surface area contributed by atoms with Gasteiger partial charge in [-0.1, -0.05) is 18.2 Å². The smallest absolute Gasteiger partial charge is 0.323 e. The van der Waals surface area contributed by atoms with Crippen molar-refractivity contribution in [1.29, 1.82) is 0 Å². The molecule has 3 atom stereocenters. The molecule has 0 aliphatic heterocycles. The number of carboxylic acid groups (broad SMARTS) is 1. The van der Waals surface area contributed by atoms with Crippen molar-refractivity contribution in [2.24, 2.45) is 5.92 Å². The van der Waals surface area contributed by atoms with Crippen molar-refractivity contribution in [2.75, 3.05) is 11.9 Å². The molecule has 2 aromatic rings. The quantitative estimate of drug-likeness (QED) is 0.476. The summed E-state index contributed by atoms with van der Waals surface area (Å²) in [6.45, 7) is 3.57. The van der Waals surface area contributed by atoms with Crippen molar-refractivity contribution >= 4 is 17.6 Å². The van der Waals surface area contributed by atoms with Gasteiger partial charge in [0.25, 0.3) is 0 Å². The van der Waals surface area contributed by atoms with Crippen LogP contribution in [-0.2, 0) is 16.1 Å². The molecule has 0 radical (unpaired) electrons. The molecule has 0 aromatic heterocycles. The van der Waals surface area contributed by atoms with E-state index in [0.29, 0.717) is 31.2 Å². The van der Waals surface area contributed by atoms with E-state index in [2.05, 4.69) is 5.32 Å². The van der Waals surface area contributed by atoms with E-state index in [1.807, 2.05) is 38.1 Å². The van der Waals surface area contributed by atoms with E-state index >= 15 is 0 Å². The number of benzene rings is 2. The van der Waals surface area contributed by atoms with Crippen LogP contribution in [0.2, 0.25) is 0 Å². The van der Waals surface area contributed by atoms with Crippen LogP contribution >= 0.6 is 0 Å². The summed E-state index contributed by atoms with van der Waals surface area (Å²) in [5.41, 5.74) is 1.49. The number of ether oxygens (including phenoxy) is 1. The molecule has 1 aliphatic carbocycles. The average molecular weight is 473 g/mol. The summed E-state index contributed by atoms with van der Waals surface area (Å²) in [6, 6.07) is 13.0. The van der Waals surface area contributed by atoms with Crippen LogP contribution in [0.25, 0.3) is 0 Å². The fourth-order valence-corrected chi connectivity index (χ4v) is 4.29. The topological polar surface area (TPSA) is 99.1 Å². The van der Waals surface area contributed by atoms with Crippen molar-refractivity contribution in [3.05, 3.63) is 59.9 Å². The minimum Gasteiger partial charge on any atom is -0.491 e. The molecule has 8 heteroatoms. The molecule has 0 spiro atoms. The van der Waals surface area contributed by atoms with Crippen LogP contribution < -0.4 is 10.1 Å². The Morgan fingerprint density at radius 1 is 1.12 bits per heavy atom. The second kappa shape index (κ2) is 11.8. The highest BCUT2D eigenvalue weighted by atomic mass is 19.1. The van der Waals surface area contributed by atoms with E-state index in [9.17, 15) is 24.2 Å². The maximum Gasteiger partial charge on any atom is 0.323 e. The lowest BCUT2D eigenvalue weighted by Crippen LogP contribution is -2.39. The van der Waals surface area contributed by atoms with Gasteiger partial charge in [0.2, 0.25) is 5.91 Å². The van der Waals surface area contributed by atoms with E-state index in [-0.39, 0.29) is 24.6 Å². The van der Waals surface area contributed by atoms with Gasteiger partial charge < -0.3 is 25.2 Å². The summed E-state index contributed by atoms with van der Waals surface area (Å²) in [5, 5.41) is 23.4. The molecule has 3 N–H and O–H groups in total. The Morgan fingerprint density at radius 3 is 2.50 bits per heavy atom. The number of carbonyl (C=O) groups excluding carboxylic acids is 1. The molecular weight excluding hydrogens is 439 g/mol. The number of carboxylic acids is 1. The number of nitrogens with one attached hydrogen (secondary N) is 1. The van der Waals surface area contributed by atoms with Crippen LogP contribution in [-0.4, -0.2) is 51.8 Å². The molecule has 1 saturated carbocycles. The van der Waals surface area contributed by atoms with E-state index in [4.69, 9.17) is 4.74 Å². The van der Waals surface area contributed by atoms with Gasteiger partial charge >= 0.3 is 5.97 Å². The van der Waals surface area contributed by atoms with Crippen molar-refractivity contribution in [3.8, 4) is 5.75 Å². The molecule has 0 unspecified atom stereocenters. The molecule has 2 aromatic carbocycles. The van der Waals surface area contributed by atoms with E-state index < -0.39 is 30.4 Å². The number of aliphatic carboxylic acids is 1. The molecular formula is C26H33FN2O5. The van der Waals surface area contributed by atoms with E-state index in [1.54, 1.807) is 12.1 Å². The zero-order valence-electron chi connectivity index (χ0n) is 19.6. The maximum atomic E-state index is 13.2.